The first kappa shape index (κ1) is 23.8. The monoisotopic (exact) mass is 377 g/mol. The molecule has 0 aromatic heterocycles. The van der Waals surface area contributed by atoms with Crippen molar-refractivity contribution in [2.45, 2.75) is 71.3 Å². The Morgan fingerprint density at radius 3 is 2.00 bits per heavy atom. The lowest BCUT2D eigenvalue weighted by molar-refractivity contribution is -0.143. The molecule has 24 heavy (non-hydrogen) atoms. The van der Waals surface area contributed by atoms with Gasteiger partial charge in [-0.05, 0) is 37.5 Å². The smallest absolute Gasteiger partial charge is 0.334 e. The molecule has 0 saturated carbocycles. The van der Waals surface area contributed by atoms with Crippen molar-refractivity contribution in [2.75, 3.05) is 33.9 Å². The zero-order valence-electron chi connectivity index (χ0n) is 17.3. The van der Waals surface area contributed by atoms with Crippen LogP contribution in [0, 0.1) is 0 Å². The summed E-state index contributed by atoms with van der Waals surface area (Å²) in [6.07, 6.45) is 1.49. The maximum Gasteiger partial charge on any atom is 0.334 e. The lowest BCUT2D eigenvalue weighted by Gasteiger charge is -2.46. The standard InChI is InChI=1S/C17H39NO4Si2/c1-10-22-16(19)12-14-18(23(7,8)17(2,3)4)13-11-15-24(9,20-5)21-6/h10-15H2,1-9H3. The largest absolute Gasteiger partial charge is 0.466 e. The lowest BCUT2D eigenvalue weighted by Crippen LogP contribution is -2.56. The van der Waals surface area contributed by atoms with Gasteiger partial charge in [-0.3, -0.25) is 4.79 Å². The van der Waals surface area contributed by atoms with Crippen molar-refractivity contribution in [3.05, 3.63) is 0 Å². The van der Waals surface area contributed by atoms with Crippen LogP contribution in [0.25, 0.3) is 0 Å². The fraction of sp³-hybridized carbons (Fsp3) is 0.941. The highest BCUT2D eigenvalue weighted by Crippen LogP contribution is 2.38. The first-order valence-electron chi connectivity index (χ1n) is 8.94. The molecule has 0 N–H and O–H groups in total. The van der Waals surface area contributed by atoms with Gasteiger partial charge in [0, 0.05) is 20.8 Å². The Morgan fingerprint density at radius 2 is 1.58 bits per heavy atom. The highest BCUT2D eigenvalue weighted by atomic mass is 28.4. The summed E-state index contributed by atoms with van der Waals surface area (Å²) in [6, 6.07) is 0.963. The van der Waals surface area contributed by atoms with Gasteiger partial charge in [-0.2, -0.15) is 0 Å². The van der Waals surface area contributed by atoms with E-state index in [1.54, 1.807) is 14.2 Å². The van der Waals surface area contributed by atoms with Crippen molar-refractivity contribution < 1.29 is 18.4 Å². The Morgan fingerprint density at radius 1 is 1.04 bits per heavy atom. The highest BCUT2D eigenvalue weighted by Gasteiger charge is 2.41. The molecule has 0 saturated heterocycles. The third kappa shape index (κ3) is 7.35. The van der Waals surface area contributed by atoms with Gasteiger partial charge in [0.25, 0.3) is 0 Å². The van der Waals surface area contributed by atoms with E-state index in [4.69, 9.17) is 13.6 Å². The van der Waals surface area contributed by atoms with Gasteiger partial charge in [-0.25, -0.2) is 0 Å². The van der Waals surface area contributed by atoms with Gasteiger partial charge in [-0.15, -0.1) is 0 Å². The summed E-state index contributed by atoms with van der Waals surface area (Å²) < 4.78 is 18.8. The summed E-state index contributed by atoms with van der Waals surface area (Å²) in [6.45, 7) is 17.8. The number of nitrogens with zero attached hydrogens (tertiary/aromatic N) is 1. The van der Waals surface area contributed by atoms with E-state index < -0.39 is 16.8 Å². The van der Waals surface area contributed by atoms with Crippen LogP contribution in [0.5, 0.6) is 0 Å². The van der Waals surface area contributed by atoms with Crippen LogP contribution in [-0.2, 0) is 18.4 Å². The molecule has 0 rings (SSSR count). The van der Waals surface area contributed by atoms with Crippen LogP contribution in [-0.4, -0.2) is 61.2 Å². The van der Waals surface area contributed by atoms with Gasteiger partial charge in [0.05, 0.1) is 13.0 Å². The molecular weight excluding hydrogens is 338 g/mol. The second-order valence-electron chi connectivity index (χ2n) is 8.00. The summed E-state index contributed by atoms with van der Waals surface area (Å²) in [5, 5.41) is 0.241. The Kier molecular flexibility index (Phi) is 9.97. The quantitative estimate of drug-likeness (QED) is 0.402. The molecule has 0 radical (unpaired) electrons. The second kappa shape index (κ2) is 10.1. The first-order valence-corrected chi connectivity index (χ1v) is 14.4. The van der Waals surface area contributed by atoms with E-state index in [2.05, 4.69) is 45.0 Å². The Balaban J connectivity index is 4.91. The summed E-state index contributed by atoms with van der Waals surface area (Å²) in [5.41, 5.74) is 0. The maximum atomic E-state index is 11.8. The molecule has 0 aliphatic rings. The van der Waals surface area contributed by atoms with Crippen LogP contribution in [0.1, 0.15) is 40.5 Å². The molecule has 0 bridgehead atoms. The van der Waals surface area contributed by atoms with Crippen molar-refractivity contribution in [3.8, 4) is 0 Å². The molecule has 0 aromatic carbocycles. The van der Waals surface area contributed by atoms with Crippen molar-refractivity contribution in [3.63, 3.8) is 0 Å². The molecule has 0 amide bonds. The minimum absolute atomic E-state index is 0.103. The number of rotatable bonds is 11. The molecule has 0 aliphatic heterocycles. The summed E-state index contributed by atoms with van der Waals surface area (Å²) in [4.78, 5) is 11.8. The van der Waals surface area contributed by atoms with Gasteiger partial charge in [0.2, 0.25) is 0 Å². The van der Waals surface area contributed by atoms with Crippen LogP contribution in [0.3, 0.4) is 0 Å². The topological polar surface area (TPSA) is 48.0 Å². The normalized spacial score (nSPS) is 13.4. The molecule has 0 heterocycles. The van der Waals surface area contributed by atoms with E-state index in [0.717, 1.165) is 25.6 Å². The third-order valence-electron chi connectivity index (χ3n) is 5.44. The molecule has 0 aliphatic carbocycles. The van der Waals surface area contributed by atoms with Gasteiger partial charge in [0.1, 0.15) is 8.24 Å². The zero-order chi connectivity index (χ0) is 19.0. The van der Waals surface area contributed by atoms with Gasteiger partial charge < -0.3 is 18.2 Å². The predicted molar refractivity (Wildman–Crippen MR) is 105 cm³/mol. The Labute approximate surface area is 151 Å². The van der Waals surface area contributed by atoms with Crippen LogP contribution < -0.4 is 0 Å². The molecule has 144 valence electrons. The molecule has 0 unspecified atom stereocenters. The average molecular weight is 378 g/mol. The third-order valence-corrected chi connectivity index (χ3v) is 14.1. The van der Waals surface area contributed by atoms with E-state index in [-0.39, 0.29) is 11.0 Å². The predicted octanol–water partition coefficient (Wildman–Crippen LogP) is 4.00. The van der Waals surface area contributed by atoms with Crippen molar-refractivity contribution >= 4 is 22.8 Å². The summed E-state index contributed by atoms with van der Waals surface area (Å²) >= 11 is 0. The number of hydrogen-bond donors (Lipinski definition) is 0. The fourth-order valence-electron chi connectivity index (χ4n) is 2.48. The van der Waals surface area contributed by atoms with E-state index in [9.17, 15) is 4.79 Å². The number of carbonyl (C=O) groups excluding carboxylic acids is 1. The fourth-order valence-corrected chi connectivity index (χ4v) is 6.19. The molecular formula is C17H39NO4Si2. The van der Waals surface area contributed by atoms with Crippen LogP contribution >= 0.6 is 0 Å². The van der Waals surface area contributed by atoms with Crippen molar-refractivity contribution in [2.24, 2.45) is 0 Å². The summed E-state index contributed by atoms with van der Waals surface area (Å²) in [5.74, 6) is -0.103. The first-order chi connectivity index (χ1) is 10.9. The van der Waals surface area contributed by atoms with E-state index in [1.165, 1.54) is 0 Å². The van der Waals surface area contributed by atoms with E-state index in [0.29, 0.717) is 13.0 Å². The number of carbonyl (C=O) groups is 1. The minimum atomic E-state index is -2.03. The van der Waals surface area contributed by atoms with Gasteiger partial charge in [-0.1, -0.05) is 33.9 Å². The SMILES string of the molecule is CCOC(=O)CCN(CCC[Si](C)(OC)OC)[Si](C)(C)C(C)(C)C. The molecule has 7 heteroatoms. The van der Waals surface area contributed by atoms with Crippen molar-refractivity contribution in [1.29, 1.82) is 0 Å². The van der Waals surface area contributed by atoms with Crippen LogP contribution in [0.4, 0.5) is 0 Å². The summed E-state index contributed by atoms with van der Waals surface area (Å²) in [7, 11) is -0.235. The zero-order valence-corrected chi connectivity index (χ0v) is 19.3. The van der Waals surface area contributed by atoms with Crippen LogP contribution in [0.2, 0.25) is 30.7 Å². The molecule has 5 nitrogen and oxygen atoms in total. The highest BCUT2D eigenvalue weighted by molar-refractivity contribution is 6.77. The minimum Gasteiger partial charge on any atom is -0.466 e. The molecule has 0 atom stereocenters. The van der Waals surface area contributed by atoms with Gasteiger partial charge >= 0.3 is 14.5 Å². The molecule has 0 aromatic rings. The number of esters is 1. The Bertz CT molecular complexity index is 379. The number of ether oxygens (including phenoxy) is 1. The maximum absolute atomic E-state index is 11.8. The van der Waals surface area contributed by atoms with Gasteiger partial charge in [0.15, 0.2) is 0 Å². The second-order valence-corrected chi connectivity index (χ2v) is 16.8. The molecule has 0 spiro atoms. The van der Waals surface area contributed by atoms with Crippen molar-refractivity contribution in [1.82, 2.24) is 4.57 Å². The number of hydrogen-bond acceptors (Lipinski definition) is 5. The Hall–Kier alpha value is -0.216. The van der Waals surface area contributed by atoms with E-state index in [1.807, 2.05) is 6.92 Å². The van der Waals surface area contributed by atoms with E-state index >= 15 is 0 Å². The van der Waals surface area contributed by atoms with Crippen LogP contribution in [0.15, 0.2) is 0 Å². The average Bonchev–Trinajstić information content (AvgIpc) is 2.49. The lowest BCUT2D eigenvalue weighted by atomic mass is 10.2. The molecule has 0 fully saturated rings.